The number of pyridine rings is 1. The van der Waals surface area contributed by atoms with Crippen LogP contribution in [0.2, 0.25) is 0 Å². The fourth-order valence-electron chi connectivity index (χ4n) is 4.09. The summed E-state index contributed by atoms with van der Waals surface area (Å²) in [5, 5.41) is 18.9. The summed E-state index contributed by atoms with van der Waals surface area (Å²) in [7, 11) is 3.18. The fraction of sp³-hybridized carbons (Fsp3) is 0.545. The Labute approximate surface area is 174 Å². The molecule has 2 aromatic rings. The van der Waals surface area contributed by atoms with Gasteiger partial charge in [0.05, 0.1) is 18.0 Å². The zero-order chi connectivity index (χ0) is 22.2. The van der Waals surface area contributed by atoms with Crippen molar-refractivity contribution in [1.82, 2.24) is 4.57 Å². The molecule has 30 heavy (non-hydrogen) atoms. The molecule has 1 aromatic carbocycles. The molecule has 2 N–H and O–H groups in total. The van der Waals surface area contributed by atoms with Crippen LogP contribution in [0.15, 0.2) is 17.1 Å². The number of halogens is 1. The van der Waals surface area contributed by atoms with E-state index in [1.54, 1.807) is 16.5 Å². The monoisotopic (exact) mass is 420 g/mol. The van der Waals surface area contributed by atoms with Gasteiger partial charge in [-0.15, -0.1) is 0 Å². The first-order valence-corrected chi connectivity index (χ1v) is 10.3. The van der Waals surface area contributed by atoms with Gasteiger partial charge in [-0.2, -0.15) is 0 Å². The van der Waals surface area contributed by atoms with Crippen molar-refractivity contribution in [3.05, 3.63) is 33.9 Å². The lowest BCUT2D eigenvalue weighted by molar-refractivity contribution is 0.0694. The van der Waals surface area contributed by atoms with Crippen LogP contribution in [0, 0.1) is 17.7 Å². The summed E-state index contributed by atoms with van der Waals surface area (Å²) < 4.78 is 22.6. The quantitative estimate of drug-likeness (QED) is 0.647. The molecule has 8 heteroatoms. The number of anilines is 1. The van der Waals surface area contributed by atoms with E-state index in [1.165, 1.54) is 13.3 Å². The highest BCUT2D eigenvalue weighted by atomic mass is 19.1. The van der Waals surface area contributed by atoms with Crippen molar-refractivity contribution in [3.8, 4) is 5.75 Å². The number of aromatic carboxylic acids is 1. The third kappa shape index (κ3) is 3.88. The number of fused-ring (bicyclic) bond motifs is 1. The van der Waals surface area contributed by atoms with E-state index in [-0.39, 0.29) is 46.9 Å². The first-order valence-electron chi connectivity index (χ1n) is 10.3. The third-order valence-electron chi connectivity index (χ3n) is 6.08. The summed E-state index contributed by atoms with van der Waals surface area (Å²) >= 11 is 0. The van der Waals surface area contributed by atoms with Gasteiger partial charge in [-0.25, -0.2) is 9.18 Å². The second-order valence-electron chi connectivity index (χ2n) is 8.16. The normalized spacial score (nSPS) is 15.8. The van der Waals surface area contributed by atoms with Crippen LogP contribution in [0.5, 0.6) is 5.75 Å². The number of ether oxygens (including phenoxy) is 1. The third-order valence-corrected chi connectivity index (χ3v) is 6.08. The number of nitrogens with zero attached hydrogens (tertiary/aromatic N) is 2. The lowest BCUT2D eigenvalue weighted by Gasteiger charge is -2.30. The molecule has 1 fully saturated rings. The number of aromatic nitrogens is 1. The van der Waals surface area contributed by atoms with Gasteiger partial charge in [0.25, 0.3) is 0 Å². The van der Waals surface area contributed by atoms with Gasteiger partial charge < -0.3 is 24.4 Å². The Hall–Kier alpha value is -2.61. The number of hydrogen-bond donors (Lipinski definition) is 2. The SMILES string of the molecule is CC[C@H](CN(C)c1c(F)cc2c(=O)c(C(=O)O)cn(C3CC3)c2c1OC)[C@H](C)CO. The second-order valence-corrected chi connectivity index (χ2v) is 8.16. The Morgan fingerprint density at radius 3 is 2.60 bits per heavy atom. The molecular weight excluding hydrogens is 391 g/mol. The fourth-order valence-corrected chi connectivity index (χ4v) is 4.09. The molecule has 0 amide bonds. The summed E-state index contributed by atoms with van der Waals surface area (Å²) in [6.07, 6.45) is 3.87. The van der Waals surface area contributed by atoms with E-state index in [4.69, 9.17) is 4.74 Å². The number of rotatable bonds is 9. The molecule has 1 aliphatic carbocycles. The lowest BCUT2D eigenvalue weighted by Crippen LogP contribution is -2.31. The summed E-state index contributed by atoms with van der Waals surface area (Å²) in [5.41, 5.74) is -0.451. The molecule has 7 nitrogen and oxygen atoms in total. The van der Waals surface area contributed by atoms with Crippen molar-refractivity contribution in [1.29, 1.82) is 0 Å². The molecule has 0 spiro atoms. The average molecular weight is 420 g/mol. The molecule has 3 rings (SSSR count). The molecular formula is C22H29FN2O5. The second kappa shape index (κ2) is 8.63. The Kier molecular flexibility index (Phi) is 6.36. The smallest absolute Gasteiger partial charge is 0.341 e. The maximum absolute atomic E-state index is 15.2. The maximum atomic E-state index is 15.2. The number of aliphatic hydroxyl groups excluding tert-OH is 1. The van der Waals surface area contributed by atoms with Gasteiger partial charge in [0.1, 0.15) is 11.3 Å². The molecule has 0 saturated heterocycles. The van der Waals surface area contributed by atoms with E-state index in [0.29, 0.717) is 12.1 Å². The Balaban J connectivity index is 2.23. The highest BCUT2D eigenvalue weighted by molar-refractivity contribution is 5.97. The predicted octanol–water partition coefficient (Wildman–Crippen LogP) is 3.27. The van der Waals surface area contributed by atoms with Crippen LogP contribution in [0.4, 0.5) is 10.1 Å². The first-order chi connectivity index (χ1) is 14.2. The number of hydrogen-bond acceptors (Lipinski definition) is 5. The van der Waals surface area contributed by atoms with Crippen molar-refractivity contribution in [3.63, 3.8) is 0 Å². The molecule has 0 unspecified atom stereocenters. The van der Waals surface area contributed by atoms with Crippen molar-refractivity contribution in [2.45, 2.75) is 39.2 Å². The first kappa shape index (κ1) is 22.1. The summed E-state index contributed by atoms with van der Waals surface area (Å²) in [5.74, 6) is -1.56. The molecule has 1 aromatic heterocycles. The molecule has 1 heterocycles. The zero-order valence-electron chi connectivity index (χ0n) is 17.8. The van der Waals surface area contributed by atoms with Crippen molar-refractivity contribution >= 4 is 22.6 Å². The van der Waals surface area contributed by atoms with Crippen molar-refractivity contribution < 1.29 is 24.1 Å². The Morgan fingerprint density at radius 1 is 1.43 bits per heavy atom. The van der Waals surface area contributed by atoms with Gasteiger partial charge >= 0.3 is 5.97 Å². The summed E-state index contributed by atoms with van der Waals surface area (Å²) in [4.78, 5) is 26.1. The average Bonchev–Trinajstić information content (AvgIpc) is 3.55. The van der Waals surface area contributed by atoms with E-state index in [2.05, 4.69) is 0 Å². The van der Waals surface area contributed by atoms with Gasteiger partial charge in [-0.1, -0.05) is 20.3 Å². The molecule has 0 radical (unpaired) electrons. The van der Waals surface area contributed by atoms with E-state index >= 15 is 4.39 Å². The minimum Gasteiger partial charge on any atom is -0.492 e. The van der Waals surface area contributed by atoms with E-state index in [9.17, 15) is 19.8 Å². The number of carboxylic acids is 1. The van der Waals surface area contributed by atoms with Crippen LogP contribution in [0.1, 0.15) is 49.5 Å². The number of methoxy groups -OCH3 is 1. The van der Waals surface area contributed by atoms with Crippen LogP contribution in [-0.4, -0.2) is 48.1 Å². The van der Waals surface area contributed by atoms with Gasteiger partial charge in [0.15, 0.2) is 11.6 Å². The van der Waals surface area contributed by atoms with Gasteiger partial charge in [-0.05, 0) is 30.7 Å². The van der Waals surface area contributed by atoms with Crippen LogP contribution < -0.4 is 15.1 Å². The number of carbonyl (C=O) groups is 1. The van der Waals surface area contributed by atoms with Crippen molar-refractivity contribution in [2.75, 3.05) is 32.2 Å². The number of benzene rings is 1. The number of aliphatic hydroxyl groups is 1. The molecule has 2 atom stereocenters. The van der Waals surface area contributed by atoms with Gasteiger partial charge in [-0.3, -0.25) is 4.79 Å². The molecule has 0 bridgehead atoms. The highest BCUT2D eigenvalue weighted by Crippen LogP contribution is 2.43. The van der Waals surface area contributed by atoms with E-state index in [0.717, 1.165) is 25.3 Å². The van der Waals surface area contributed by atoms with Crippen LogP contribution in [0.3, 0.4) is 0 Å². The Morgan fingerprint density at radius 2 is 2.10 bits per heavy atom. The van der Waals surface area contributed by atoms with E-state index < -0.39 is 17.2 Å². The van der Waals surface area contributed by atoms with E-state index in [1.807, 2.05) is 13.8 Å². The lowest BCUT2D eigenvalue weighted by atomic mass is 9.91. The molecule has 0 aliphatic heterocycles. The van der Waals surface area contributed by atoms with Crippen molar-refractivity contribution in [2.24, 2.45) is 11.8 Å². The molecule has 1 aliphatic rings. The van der Waals surface area contributed by atoms with Crippen LogP contribution >= 0.6 is 0 Å². The Bertz CT molecular complexity index is 1010. The minimum atomic E-state index is -1.33. The predicted molar refractivity (Wildman–Crippen MR) is 113 cm³/mol. The molecule has 164 valence electrons. The zero-order valence-corrected chi connectivity index (χ0v) is 17.8. The molecule has 1 saturated carbocycles. The topological polar surface area (TPSA) is 92.0 Å². The number of carboxylic acid groups (broad SMARTS) is 1. The van der Waals surface area contributed by atoms with Gasteiger partial charge in [0.2, 0.25) is 5.43 Å². The summed E-state index contributed by atoms with van der Waals surface area (Å²) in [6, 6.07) is 1.18. The maximum Gasteiger partial charge on any atom is 0.341 e. The summed E-state index contributed by atoms with van der Waals surface area (Å²) in [6.45, 7) is 4.52. The largest absolute Gasteiger partial charge is 0.492 e. The van der Waals surface area contributed by atoms with Gasteiger partial charge in [0, 0.05) is 32.4 Å². The van der Waals surface area contributed by atoms with Crippen LogP contribution in [0.25, 0.3) is 10.9 Å². The highest BCUT2D eigenvalue weighted by Gasteiger charge is 2.31. The minimum absolute atomic E-state index is 0.00377. The standard InChI is InChI=1S/C22H29FN2O5/c1-5-13(12(2)11-26)9-24(3)19-17(23)8-15-18(21(19)30-4)25(14-6-7-14)10-16(20(15)27)22(28)29/h8,10,12-14,26H,5-7,9,11H2,1-4H3,(H,28,29)/t12-,13-/m1/s1. The van der Waals surface area contributed by atoms with Crippen LogP contribution in [-0.2, 0) is 0 Å².